The average Bonchev–Trinajstić information content (AvgIpc) is 3.08. The van der Waals surface area contributed by atoms with Crippen molar-refractivity contribution in [1.82, 2.24) is 4.98 Å². The Balaban J connectivity index is 1.64. The molecule has 0 bridgehead atoms. The molecule has 0 radical (unpaired) electrons. The minimum Gasteiger partial charge on any atom is -0.322 e. The third kappa shape index (κ3) is 5.74. The first kappa shape index (κ1) is 20.7. The van der Waals surface area contributed by atoms with Gasteiger partial charge in [0.15, 0.2) is 5.13 Å². The lowest BCUT2D eigenvalue weighted by molar-refractivity contribution is -0.116. The van der Waals surface area contributed by atoms with Gasteiger partial charge in [0, 0.05) is 18.2 Å². The minimum atomic E-state index is -0.196. The summed E-state index contributed by atoms with van der Waals surface area (Å²) in [6.07, 6.45) is 4.59. The van der Waals surface area contributed by atoms with Crippen LogP contribution in [0.1, 0.15) is 50.7 Å². The number of amides is 2. The van der Waals surface area contributed by atoms with E-state index in [0.717, 1.165) is 22.2 Å². The Hall–Kier alpha value is -2.99. The summed E-state index contributed by atoms with van der Waals surface area (Å²) in [6.45, 7) is 6.27. The maximum atomic E-state index is 12.3. The zero-order chi connectivity index (χ0) is 20.8. The van der Waals surface area contributed by atoms with E-state index in [1.165, 1.54) is 23.0 Å². The highest BCUT2D eigenvalue weighted by atomic mass is 32.1. The number of aromatic nitrogens is 1. The third-order valence-corrected chi connectivity index (χ3v) is 5.34. The number of rotatable bonds is 7. The molecule has 3 rings (SSSR count). The fourth-order valence-corrected chi connectivity index (χ4v) is 3.73. The number of hydrogen-bond donors (Lipinski definition) is 2. The summed E-state index contributed by atoms with van der Waals surface area (Å²) in [5, 5.41) is 6.26. The van der Waals surface area contributed by atoms with Gasteiger partial charge >= 0.3 is 0 Å². The lowest BCUT2D eigenvalue weighted by atomic mass is 10.0. The second-order valence-electron chi connectivity index (χ2n) is 7.14. The van der Waals surface area contributed by atoms with Crippen molar-refractivity contribution in [3.63, 3.8) is 0 Å². The van der Waals surface area contributed by atoms with Gasteiger partial charge in [-0.05, 0) is 47.7 Å². The van der Waals surface area contributed by atoms with Gasteiger partial charge in [-0.2, -0.15) is 0 Å². The van der Waals surface area contributed by atoms with Gasteiger partial charge in [-0.1, -0.05) is 56.4 Å². The van der Waals surface area contributed by atoms with Crippen molar-refractivity contribution in [2.45, 2.75) is 39.5 Å². The largest absolute Gasteiger partial charge is 0.322 e. The van der Waals surface area contributed by atoms with Crippen molar-refractivity contribution in [2.24, 2.45) is 0 Å². The molecule has 2 aromatic carbocycles. The molecule has 1 aromatic heterocycles. The Morgan fingerprint density at radius 2 is 1.86 bits per heavy atom. The Morgan fingerprint density at radius 3 is 2.55 bits per heavy atom. The summed E-state index contributed by atoms with van der Waals surface area (Å²) in [6, 6.07) is 13.7. The van der Waals surface area contributed by atoms with E-state index in [2.05, 4.69) is 41.6 Å². The van der Waals surface area contributed by atoms with E-state index in [0.29, 0.717) is 23.2 Å². The third-order valence-electron chi connectivity index (χ3n) is 4.41. The van der Waals surface area contributed by atoms with Gasteiger partial charge in [0.1, 0.15) is 0 Å². The van der Waals surface area contributed by atoms with Crippen molar-refractivity contribution in [1.29, 1.82) is 0 Å². The van der Waals surface area contributed by atoms with Crippen molar-refractivity contribution in [2.75, 3.05) is 10.6 Å². The van der Waals surface area contributed by atoms with E-state index in [4.69, 9.17) is 0 Å². The van der Waals surface area contributed by atoms with E-state index in [9.17, 15) is 9.59 Å². The molecule has 150 valence electrons. The molecular weight excluding hydrogens is 382 g/mol. The van der Waals surface area contributed by atoms with Gasteiger partial charge in [-0.25, -0.2) is 4.98 Å². The topological polar surface area (TPSA) is 71.1 Å². The first-order valence-electron chi connectivity index (χ1n) is 9.74. The molecule has 0 atom stereocenters. The SMILES string of the molecule is CCCC(=O)Nc1nc2ccc(NC(=O)/C=C/c3ccc(C(C)C)cc3)cc2s1. The summed E-state index contributed by atoms with van der Waals surface area (Å²) in [5.74, 6) is 0.253. The quantitative estimate of drug-likeness (QED) is 0.486. The molecule has 0 spiro atoms. The number of nitrogens with zero attached hydrogens (tertiary/aromatic N) is 1. The Morgan fingerprint density at radius 1 is 1.10 bits per heavy atom. The highest BCUT2D eigenvalue weighted by Gasteiger charge is 2.08. The maximum Gasteiger partial charge on any atom is 0.248 e. The van der Waals surface area contributed by atoms with Crippen molar-refractivity contribution in [3.8, 4) is 0 Å². The molecule has 0 saturated carbocycles. The van der Waals surface area contributed by atoms with Crippen molar-refractivity contribution in [3.05, 3.63) is 59.7 Å². The Labute approximate surface area is 174 Å². The summed E-state index contributed by atoms with van der Waals surface area (Å²) in [5.41, 5.74) is 3.74. The molecule has 0 aliphatic rings. The second-order valence-corrected chi connectivity index (χ2v) is 8.17. The number of anilines is 2. The maximum absolute atomic E-state index is 12.3. The molecule has 0 unspecified atom stereocenters. The molecule has 0 aliphatic carbocycles. The predicted molar refractivity (Wildman–Crippen MR) is 121 cm³/mol. The van der Waals surface area contributed by atoms with Gasteiger partial charge in [0.05, 0.1) is 10.2 Å². The lowest BCUT2D eigenvalue weighted by Gasteiger charge is -2.05. The van der Waals surface area contributed by atoms with Crippen LogP contribution < -0.4 is 10.6 Å². The highest BCUT2D eigenvalue weighted by Crippen LogP contribution is 2.28. The first-order chi connectivity index (χ1) is 13.9. The molecule has 6 heteroatoms. The highest BCUT2D eigenvalue weighted by molar-refractivity contribution is 7.22. The predicted octanol–water partition coefficient (Wildman–Crippen LogP) is 5.81. The van der Waals surface area contributed by atoms with Gasteiger partial charge in [-0.15, -0.1) is 0 Å². The zero-order valence-corrected chi connectivity index (χ0v) is 17.7. The van der Waals surface area contributed by atoms with E-state index in [1.807, 2.05) is 37.3 Å². The Kier molecular flexibility index (Phi) is 6.77. The molecule has 0 aliphatic heterocycles. The van der Waals surface area contributed by atoms with Gasteiger partial charge in [0.25, 0.3) is 0 Å². The molecule has 1 heterocycles. The summed E-state index contributed by atoms with van der Waals surface area (Å²) >= 11 is 1.39. The van der Waals surface area contributed by atoms with Crippen LogP contribution in [0.4, 0.5) is 10.8 Å². The Bertz CT molecular complexity index is 1040. The number of fused-ring (bicyclic) bond motifs is 1. The second kappa shape index (κ2) is 9.47. The van der Waals surface area contributed by atoms with Crippen LogP contribution in [0.2, 0.25) is 0 Å². The monoisotopic (exact) mass is 407 g/mol. The molecule has 0 fully saturated rings. The normalized spacial score (nSPS) is 11.3. The molecule has 2 amide bonds. The van der Waals surface area contributed by atoms with Gasteiger partial charge < -0.3 is 10.6 Å². The molecule has 3 aromatic rings. The van der Waals surface area contributed by atoms with Crippen LogP contribution in [0.15, 0.2) is 48.5 Å². The molecule has 5 nitrogen and oxygen atoms in total. The number of hydrogen-bond acceptors (Lipinski definition) is 4. The first-order valence-corrected chi connectivity index (χ1v) is 10.6. The van der Waals surface area contributed by atoms with Crippen LogP contribution in [0.5, 0.6) is 0 Å². The molecular formula is C23H25N3O2S. The fourth-order valence-electron chi connectivity index (χ4n) is 2.81. The van der Waals surface area contributed by atoms with Crippen molar-refractivity contribution >= 4 is 50.3 Å². The minimum absolute atomic E-state index is 0.0355. The van der Waals surface area contributed by atoms with E-state index >= 15 is 0 Å². The number of carbonyl (C=O) groups is 2. The van der Waals surface area contributed by atoms with Crippen LogP contribution in [0, 0.1) is 0 Å². The summed E-state index contributed by atoms with van der Waals surface area (Å²) in [4.78, 5) is 28.4. The average molecular weight is 408 g/mol. The number of thiazole rings is 1. The van der Waals surface area contributed by atoms with Gasteiger partial charge in [-0.3, -0.25) is 9.59 Å². The van der Waals surface area contributed by atoms with E-state index in [-0.39, 0.29) is 11.8 Å². The fraction of sp³-hybridized carbons (Fsp3) is 0.261. The van der Waals surface area contributed by atoms with Crippen molar-refractivity contribution < 1.29 is 9.59 Å². The summed E-state index contributed by atoms with van der Waals surface area (Å²) < 4.78 is 0.905. The lowest BCUT2D eigenvalue weighted by Crippen LogP contribution is -2.09. The zero-order valence-electron chi connectivity index (χ0n) is 16.9. The van der Waals surface area contributed by atoms with Crippen LogP contribution in [0.25, 0.3) is 16.3 Å². The van der Waals surface area contributed by atoms with Crippen LogP contribution in [-0.4, -0.2) is 16.8 Å². The standard InChI is InChI=1S/C23H25N3O2S/c1-4-5-21(27)26-23-25-19-12-11-18(14-20(19)29-23)24-22(28)13-8-16-6-9-17(10-7-16)15(2)3/h6-15H,4-5H2,1-3H3,(H,24,28)(H,25,26,27)/b13-8+. The van der Waals surface area contributed by atoms with Crippen LogP contribution in [0.3, 0.4) is 0 Å². The molecule has 2 N–H and O–H groups in total. The van der Waals surface area contributed by atoms with Crippen LogP contribution in [-0.2, 0) is 9.59 Å². The van der Waals surface area contributed by atoms with E-state index < -0.39 is 0 Å². The number of nitrogens with one attached hydrogen (secondary N) is 2. The van der Waals surface area contributed by atoms with Crippen LogP contribution >= 0.6 is 11.3 Å². The smallest absolute Gasteiger partial charge is 0.248 e. The molecule has 0 saturated heterocycles. The van der Waals surface area contributed by atoms with E-state index in [1.54, 1.807) is 6.08 Å². The summed E-state index contributed by atoms with van der Waals surface area (Å²) in [7, 11) is 0. The number of benzene rings is 2. The number of carbonyl (C=O) groups excluding carboxylic acids is 2. The van der Waals surface area contributed by atoms with Gasteiger partial charge in [0.2, 0.25) is 11.8 Å². The molecule has 29 heavy (non-hydrogen) atoms.